The van der Waals surface area contributed by atoms with Crippen molar-refractivity contribution in [2.24, 2.45) is 10.2 Å². The molecule has 0 bridgehead atoms. The third-order valence-corrected chi connectivity index (χ3v) is 7.25. The summed E-state index contributed by atoms with van der Waals surface area (Å²) in [5.74, 6) is 0.684. The maximum absolute atomic E-state index is 12.9. The Labute approximate surface area is 252 Å². The molecule has 8 heteroatoms. The second-order valence-corrected chi connectivity index (χ2v) is 10.5. The van der Waals surface area contributed by atoms with Crippen LogP contribution in [-0.2, 0) is 0 Å². The molecular formula is C35H39N3O5. The van der Waals surface area contributed by atoms with E-state index in [-0.39, 0.29) is 5.69 Å². The molecule has 4 rings (SSSR count). The number of azo groups is 1. The molecule has 0 aliphatic carbocycles. The van der Waals surface area contributed by atoms with E-state index in [0.29, 0.717) is 34.7 Å². The van der Waals surface area contributed by atoms with E-state index in [0.717, 1.165) is 17.6 Å². The van der Waals surface area contributed by atoms with Crippen LogP contribution in [0.25, 0.3) is 10.8 Å². The third-order valence-electron chi connectivity index (χ3n) is 7.25. The summed E-state index contributed by atoms with van der Waals surface area (Å²) in [5, 5.41) is 20.9. The van der Waals surface area contributed by atoms with E-state index in [2.05, 4.69) is 17.2 Å². The maximum Gasteiger partial charge on any atom is 0.343 e. The fraction of sp³-hybridized carbons (Fsp3) is 0.343. The van der Waals surface area contributed by atoms with Gasteiger partial charge in [-0.25, -0.2) is 4.79 Å². The van der Waals surface area contributed by atoms with Gasteiger partial charge in [0.05, 0.1) is 28.5 Å². The van der Waals surface area contributed by atoms with Crippen molar-refractivity contribution in [1.82, 2.24) is 0 Å². The maximum atomic E-state index is 12.9. The molecule has 8 nitrogen and oxygen atoms in total. The first-order chi connectivity index (χ1) is 21.0. The smallest absolute Gasteiger partial charge is 0.343 e. The summed E-state index contributed by atoms with van der Waals surface area (Å²) in [6.45, 7) is 2.92. The van der Waals surface area contributed by atoms with Gasteiger partial charge in [-0.2, -0.15) is 5.11 Å². The van der Waals surface area contributed by atoms with Gasteiger partial charge in [0.25, 0.3) is 5.69 Å². The Kier molecular flexibility index (Phi) is 12.2. The fourth-order valence-corrected chi connectivity index (χ4v) is 4.81. The molecule has 0 aliphatic rings. The lowest BCUT2D eigenvalue weighted by atomic mass is 10.1. The number of nitro benzene ring substituents is 1. The monoisotopic (exact) mass is 581 g/mol. The van der Waals surface area contributed by atoms with Crippen LogP contribution < -0.4 is 9.47 Å². The molecule has 0 heterocycles. The van der Waals surface area contributed by atoms with E-state index in [1.165, 1.54) is 82.1 Å². The quantitative estimate of drug-likeness (QED) is 0.0308. The molecular weight excluding hydrogens is 542 g/mol. The average Bonchev–Trinajstić information content (AvgIpc) is 3.03. The number of nitrogens with zero attached hydrogens (tertiary/aromatic N) is 3. The number of carbonyl (C=O) groups excluding carboxylic acids is 1. The zero-order chi connectivity index (χ0) is 30.3. The number of esters is 1. The van der Waals surface area contributed by atoms with Crippen molar-refractivity contribution in [1.29, 1.82) is 0 Å². The molecule has 0 saturated carbocycles. The number of nitro groups is 1. The van der Waals surface area contributed by atoms with Crippen LogP contribution in [0.3, 0.4) is 0 Å². The van der Waals surface area contributed by atoms with Gasteiger partial charge in [0.15, 0.2) is 0 Å². The zero-order valence-corrected chi connectivity index (χ0v) is 24.7. The molecule has 43 heavy (non-hydrogen) atoms. The Morgan fingerprint density at radius 1 is 0.721 bits per heavy atom. The van der Waals surface area contributed by atoms with Crippen molar-refractivity contribution in [2.75, 3.05) is 6.61 Å². The first kappa shape index (κ1) is 31.3. The SMILES string of the molecule is CCCCCCCCCCCCOc1ccc(C(=O)Oc2ccc(N=Nc3ccc([N+](=O)[O-])cc3)c3ccccc23)cc1. The molecule has 224 valence electrons. The lowest BCUT2D eigenvalue weighted by molar-refractivity contribution is -0.384. The predicted molar refractivity (Wildman–Crippen MR) is 170 cm³/mol. The van der Waals surface area contributed by atoms with Crippen molar-refractivity contribution in [3.8, 4) is 11.5 Å². The van der Waals surface area contributed by atoms with Gasteiger partial charge in [-0.05, 0) is 55.0 Å². The average molecular weight is 582 g/mol. The van der Waals surface area contributed by atoms with Gasteiger partial charge in [-0.1, -0.05) is 89.0 Å². The summed E-state index contributed by atoms with van der Waals surface area (Å²) >= 11 is 0. The molecule has 0 N–H and O–H groups in total. The summed E-state index contributed by atoms with van der Waals surface area (Å²) in [6.07, 6.45) is 12.8. The number of non-ortho nitro benzene ring substituents is 1. The highest BCUT2D eigenvalue weighted by atomic mass is 16.6. The van der Waals surface area contributed by atoms with Gasteiger partial charge in [-0.15, -0.1) is 5.11 Å². The van der Waals surface area contributed by atoms with Gasteiger partial charge in [0.1, 0.15) is 11.5 Å². The lowest BCUT2D eigenvalue weighted by Gasteiger charge is -2.10. The second-order valence-electron chi connectivity index (χ2n) is 10.5. The number of unbranched alkanes of at least 4 members (excludes halogenated alkanes) is 9. The van der Waals surface area contributed by atoms with Crippen molar-refractivity contribution >= 4 is 33.8 Å². The lowest BCUT2D eigenvalue weighted by Crippen LogP contribution is -2.08. The Morgan fingerprint density at radius 2 is 1.35 bits per heavy atom. The van der Waals surface area contributed by atoms with Crippen LogP contribution in [0.4, 0.5) is 17.1 Å². The van der Waals surface area contributed by atoms with Crippen molar-refractivity contribution in [3.05, 3.63) is 101 Å². The van der Waals surface area contributed by atoms with Crippen LogP contribution in [0, 0.1) is 10.1 Å². The van der Waals surface area contributed by atoms with Gasteiger partial charge in [-0.3, -0.25) is 10.1 Å². The van der Waals surface area contributed by atoms with E-state index < -0.39 is 10.9 Å². The highest BCUT2D eigenvalue weighted by molar-refractivity contribution is 5.99. The van der Waals surface area contributed by atoms with Gasteiger partial charge in [0, 0.05) is 22.9 Å². The molecule has 0 atom stereocenters. The van der Waals surface area contributed by atoms with Crippen molar-refractivity contribution < 1.29 is 19.2 Å². The second kappa shape index (κ2) is 16.8. The predicted octanol–water partition coefficient (Wildman–Crippen LogP) is 10.7. The molecule has 0 aromatic heterocycles. The molecule has 4 aromatic carbocycles. The molecule has 0 unspecified atom stereocenters. The number of hydrogen-bond acceptors (Lipinski definition) is 7. The third kappa shape index (κ3) is 9.74. The summed E-state index contributed by atoms with van der Waals surface area (Å²) in [5.41, 5.74) is 1.48. The van der Waals surface area contributed by atoms with E-state index >= 15 is 0 Å². The summed E-state index contributed by atoms with van der Waals surface area (Å²) in [4.78, 5) is 23.4. The number of benzene rings is 4. The van der Waals surface area contributed by atoms with Crippen molar-refractivity contribution in [2.45, 2.75) is 71.1 Å². The summed E-state index contributed by atoms with van der Waals surface area (Å²) in [6, 6.07) is 23.7. The highest BCUT2D eigenvalue weighted by Gasteiger charge is 2.13. The Morgan fingerprint density at radius 3 is 2.00 bits per heavy atom. The van der Waals surface area contributed by atoms with E-state index in [9.17, 15) is 14.9 Å². The minimum atomic E-state index is -0.466. The zero-order valence-electron chi connectivity index (χ0n) is 24.7. The summed E-state index contributed by atoms with van der Waals surface area (Å²) in [7, 11) is 0. The minimum absolute atomic E-state index is 0.0120. The van der Waals surface area contributed by atoms with E-state index in [1.807, 2.05) is 24.3 Å². The Hall–Kier alpha value is -4.59. The van der Waals surface area contributed by atoms with Crippen molar-refractivity contribution in [3.63, 3.8) is 0 Å². The standard InChI is InChI=1S/C35H39N3O5/c1-2-3-4-5-6-7-8-9-10-13-26-42-30-22-16-27(17-23-30)35(39)43-34-25-24-33(31-14-11-12-15-32(31)34)37-36-28-18-20-29(21-19-28)38(40)41/h11-12,14-25H,2-10,13,26H2,1H3. The molecule has 0 radical (unpaired) electrons. The number of hydrogen-bond donors (Lipinski definition) is 0. The number of fused-ring (bicyclic) bond motifs is 1. The Balaban J connectivity index is 1.27. The minimum Gasteiger partial charge on any atom is -0.494 e. The van der Waals surface area contributed by atoms with Gasteiger partial charge in [0.2, 0.25) is 0 Å². The largest absolute Gasteiger partial charge is 0.494 e. The van der Waals surface area contributed by atoms with Crippen LogP contribution in [0.15, 0.2) is 95.2 Å². The summed E-state index contributed by atoms with van der Waals surface area (Å²) < 4.78 is 11.6. The Bertz CT molecular complexity index is 1500. The fourth-order valence-electron chi connectivity index (χ4n) is 4.81. The molecule has 0 spiro atoms. The number of carbonyl (C=O) groups is 1. The number of rotatable bonds is 17. The van der Waals surface area contributed by atoms with E-state index in [1.54, 1.807) is 36.4 Å². The van der Waals surface area contributed by atoms with Crippen LogP contribution >= 0.6 is 0 Å². The molecule has 0 saturated heterocycles. The normalized spacial score (nSPS) is 11.2. The first-order valence-corrected chi connectivity index (χ1v) is 15.2. The van der Waals surface area contributed by atoms with Crippen LogP contribution in [0.2, 0.25) is 0 Å². The van der Waals surface area contributed by atoms with Gasteiger partial charge < -0.3 is 9.47 Å². The van der Waals surface area contributed by atoms with Crippen LogP contribution in [-0.4, -0.2) is 17.5 Å². The van der Waals surface area contributed by atoms with Crippen LogP contribution in [0.1, 0.15) is 81.5 Å². The van der Waals surface area contributed by atoms with Crippen LogP contribution in [0.5, 0.6) is 11.5 Å². The first-order valence-electron chi connectivity index (χ1n) is 15.2. The van der Waals surface area contributed by atoms with Gasteiger partial charge >= 0.3 is 5.97 Å². The molecule has 0 amide bonds. The topological polar surface area (TPSA) is 103 Å². The number of ether oxygens (including phenoxy) is 2. The highest BCUT2D eigenvalue weighted by Crippen LogP contribution is 2.35. The van der Waals surface area contributed by atoms with E-state index in [4.69, 9.17) is 9.47 Å². The molecule has 4 aromatic rings. The molecule has 0 aliphatic heterocycles. The molecule has 0 fully saturated rings.